The van der Waals surface area contributed by atoms with Gasteiger partial charge in [-0.15, -0.1) is 0 Å². The van der Waals surface area contributed by atoms with E-state index >= 15 is 0 Å². The van der Waals surface area contributed by atoms with Crippen LogP contribution in [0.4, 0.5) is 0 Å². The molecule has 8 heteroatoms. The third-order valence-corrected chi connectivity index (χ3v) is 6.65. The van der Waals surface area contributed by atoms with Gasteiger partial charge in [0, 0.05) is 31.2 Å². The van der Waals surface area contributed by atoms with Crippen LogP contribution in [0.2, 0.25) is 0 Å². The van der Waals surface area contributed by atoms with Crippen molar-refractivity contribution in [2.24, 2.45) is 0 Å². The molecule has 0 aromatic heterocycles. The number of sulfone groups is 2. The number of Topliss-reactive ketones (excluding diaryl/α,β-unsaturated/α-hetero) is 1. The molecule has 0 spiro atoms. The fraction of sp³-hybridized carbons (Fsp3) is 0.909. The molecule has 1 atom stereocenters. The van der Waals surface area contributed by atoms with Crippen molar-refractivity contribution in [2.75, 3.05) is 29.6 Å². The van der Waals surface area contributed by atoms with Crippen LogP contribution in [0, 0.1) is 0 Å². The molecule has 1 saturated heterocycles. The van der Waals surface area contributed by atoms with Gasteiger partial charge in [-0.25, -0.2) is 16.8 Å². The van der Waals surface area contributed by atoms with Crippen LogP contribution in [0.3, 0.4) is 0 Å². The Morgan fingerprint density at radius 2 is 2.05 bits per heavy atom. The summed E-state index contributed by atoms with van der Waals surface area (Å²) in [6, 6.07) is -0.325. The van der Waals surface area contributed by atoms with Gasteiger partial charge in [0.05, 0.1) is 17.3 Å². The van der Waals surface area contributed by atoms with Crippen molar-refractivity contribution < 1.29 is 21.6 Å². The normalized spacial score (nSPS) is 23.1. The number of carbonyl (C=O) groups is 1. The van der Waals surface area contributed by atoms with Crippen LogP contribution in [0.15, 0.2) is 0 Å². The average Bonchev–Trinajstić information content (AvgIpc) is 2.27. The van der Waals surface area contributed by atoms with E-state index in [4.69, 9.17) is 0 Å². The van der Waals surface area contributed by atoms with Gasteiger partial charge in [-0.3, -0.25) is 4.79 Å². The van der Waals surface area contributed by atoms with Crippen molar-refractivity contribution in [1.29, 1.82) is 0 Å². The van der Waals surface area contributed by atoms with Crippen LogP contribution in [0.25, 0.3) is 0 Å². The van der Waals surface area contributed by atoms with Crippen LogP contribution < -0.4 is 5.32 Å². The summed E-state index contributed by atoms with van der Waals surface area (Å²) in [6.45, 7) is 1.96. The van der Waals surface area contributed by atoms with Gasteiger partial charge in [0.1, 0.15) is 15.6 Å². The van der Waals surface area contributed by atoms with Gasteiger partial charge in [0.15, 0.2) is 9.84 Å². The van der Waals surface area contributed by atoms with E-state index in [1.807, 2.05) is 0 Å². The van der Waals surface area contributed by atoms with Gasteiger partial charge in [-0.1, -0.05) is 6.92 Å². The predicted molar refractivity (Wildman–Crippen MR) is 73.6 cm³/mol. The molecule has 0 bridgehead atoms. The molecule has 112 valence electrons. The monoisotopic (exact) mass is 311 g/mol. The lowest BCUT2D eigenvalue weighted by Crippen LogP contribution is -2.45. The van der Waals surface area contributed by atoms with E-state index in [0.29, 0.717) is 13.0 Å². The molecule has 1 aliphatic rings. The maximum Gasteiger partial charge on any atom is 0.153 e. The number of rotatable bonds is 7. The first-order chi connectivity index (χ1) is 8.74. The molecule has 0 aromatic rings. The highest BCUT2D eigenvalue weighted by atomic mass is 32.2. The fourth-order valence-electron chi connectivity index (χ4n) is 2.01. The quantitative estimate of drug-likeness (QED) is 0.684. The van der Waals surface area contributed by atoms with Crippen molar-refractivity contribution in [3.63, 3.8) is 0 Å². The molecular weight excluding hydrogens is 290 g/mol. The summed E-state index contributed by atoms with van der Waals surface area (Å²) >= 11 is 0. The Balaban J connectivity index is 2.32. The fourth-order valence-corrected chi connectivity index (χ4v) is 4.33. The van der Waals surface area contributed by atoms with E-state index in [2.05, 4.69) is 5.32 Å². The van der Waals surface area contributed by atoms with Crippen LogP contribution in [0.5, 0.6) is 0 Å². The van der Waals surface area contributed by atoms with Crippen LogP contribution in [-0.4, -0.2) is 58.2 Å². The van der Waals surface area contributed by atoms with E-state index in [0.717, 1.165) is 0 Å². The minimum atomic E-state index is -3.04. The van der Waals surface area contributed by atoms with Gasteiger partial charge in [-0.05, 0) is 6.42 Å². The third-order valence-electron chi connectivity index (χ3n) is 3.13. The zero-order valence-electron chi connectivity index (χ0n) is 11.1. The van der Waals surface area contributed by atoms with Crippen LogP contribution >= 0.6 is 0 Å². The highest BCUT2D eigenvalue weighted by Crippen LogP contribution is 2.08. The van der Waals surface area contributed by atoms with Gasteiger partial charge in [0.2, 0.25) is 0 Å². The van der Waals surface area contributed by atoms with Crippen molar-refractivity contribution >= 4 is 25.5 Å². The lowest BCUT2D eigenvalue weighted by Gasteiger charge is -2.22. The standard InChI is InChI=1S/C11H21NO5S2/c1-2-18(14,15)6-3-4-11(13)8-10-9-19(16,17)7-5-12-10/h10,12H,2-9H2,1H3. The maximum absolute atomic E-state index is 11.7. The van der Waals surface area contributed by atoms with Gasteiger partial charge >= 0.3 is 0 Å². The van der Waals surface area contributed by atoms with Gasteiger partial charge in [-0.2, -0.15) is 0 Å². The van der Waals surface area contributed by atoms with E-state index < -0.39 is 19.7 Å². The topological polar surface area (TPSA) is 97.4 Å². The van der Waals surface area contributed by atoms with Crippen molar-refractivity contribution in [3.05, 3.63) is 0 Å². The molecule has 1 fully saturated rings. The second kappa shape index (κ2) is 6.81. The highest BCUT2D eigenvalue weighted by molar-refractivity contribution is 7.91. The molecule has 0 radical (unpaired) electrons. The summed E-state index contributed by atoms with van der Waals surface area (Å²) < 4.78 is 45.3. The summed E-state index contributed by atoms with van der Waals surface area (Å²) in [5.41, 5.74) is 0. The first-order valence-electron chi connectivity index (χ1n) is 6.40. The summed E-state index contributed by atoms with van der Waals surface area (Å²) in [4.78, 5) is 11.7. The van der Waals surface area contributed by atoms with Crippen LogP contribution in [-0.2, 0) is 24.5 Å². The number of nitrogens with one attached hydrogen (secondary N) is 1. The Kier molecular flexibility index (Phi) is 5.94. The largest absolute Gasteiger partial charge is 0.312 e. The van der Waals surface area contributed by atoms with E-state index in [9.17, 15) is 21.6 Å². The molecule has 1 N–H and O–H groups in total. The first-order valence-corrected chi connectivity index (χ1v) is 10.0. The number of hydrogen-bond donors (Lipinski definition) is 1. The Morgan fingerprint density at radius 3 is 2.63 bits per heavy atom. The molecular formula is C11H21NO5S2. The van der Waals surface area contributed by atoms with E-state index in [1.54, 1.807) is 6.92 Å². The molecule has 0 aliphatic carbocycles. The van der Waals surface area contributed by atoms with E-state index in [1.165, 1.54) is 0 Å². The smallest absolute Gasteiger partial charge is 0.153 e. The maximum atomic E-state index is 11.7. The minimum absolute atomic E-state index is 0.00794. The number of ketones is 1. The molecule has 0 saturated carbocycles. The molecule has 0 amide bonds. The molecule has 6 nitrogen and oxygen atoms in total. The highest BCUT2D eigenvalue weighted by Gasteiger charge is 2.25. The minimum Gasteiger partial charge on any atom is -0.312 e. The summed E-state index contributed by atoms with van der Waals surface area (Å²) in [5.74, 6) is 0.133. The molecule has 1 unspecified atom stereocenters. The molecule has 19 heavy (non-hydrogen) atoms. The Labute approximate surface area is 114 Å². The van der Waals surface area contributed by atoms with Crippen LogP contribution in [0.1, 0.15) is 26.2 Å². The van der Waals surface area contributed by atoms with Crippen molar-refractivity contribution in [2.45, 2.75) is 32.2 Å². The molecule has 0 aromatic carbocycles. The first kappa shape index (κ1) is 16.6. The summed E-state index contributed by atoms with van der Waals surface area (Å²) in [6.07, 6.45) is 0.664. The lowest BCUT2D eigenvalue weighted by atomic mass is 10.1. The van der Waals surface area contributed by atoms with Crippen molar-refractivity contribution in [1.82, 2.24) is 5.32 Å². The summed E-state index contributed by atoms with van der Waals surface area (Å²) in [5, 5.41) is 3.01. The van der Waals surface area contributed by atoms with Crippen molar-refractivity contribution in [3.8, 4) is 0 Å². The third kappa shape index (κ3) is 6.49. The predicted octanol–water partition coefficient (Wildman–Crippen LogP) is -0.453. The summed E-state index contributed by atoms with van der Waals surface area (Å²) in [7, 11) is -6.07. The Bertz CT molecular complexity index is 509. The Hall–Kier alpha value is -0.470. The molecule has 1 rings (SSSR count). The average molecular weight is 311 g/mol. The second-order valence-electron chi connectivity index (χ2n) is 4.85. The molecule has 1 heterocycles. The SMILES string of the molecule is CCS(=O)(=O)CCCC(=O)CC1CS(=O)(=O)CCN1. The van der Waals surface area contributed by atoms with Gasteiger partial charge < -0.3 is 5.32 Å². The zero-order chi connectivity index (χ0) is 14.5. The second-order valence-corrected chi connectivity index (χ2v) is 9.55. The zero-order valence-corrected chi connectivity index (χ0v) is 12.7. The number of hydrogen-bond acceptors (Lipinski definition) is 6. The van der Waals surface area contributed by atoms with E-state index in [-0.39, 0.29) is 47.7 Å². The number of carbonyl (C=O) groups excluding carboxylic acids is 1. The lowest BCUT2D eigenvalue weighted by molar-refractivity contribution is -0.119. The van der Waals surface area contributed by atoms with Gasteiger partial charge in [0.25, 0.3) is 0 Å². The molecule has 1 aliphatic heterocycles. The Morgan fingerprint density at radius 1 is 1.37 bits per heavy atom.